The average Bonchev–Trinajstić information content (AvgIpc) is 2.73. The van der Waals surface area contributed by atoms with Crippen LogP contribution >= 0.6 is 0 Å². The Kier molecular flexibility index (Phi) is 7.58. The molecule has 0 aliphatic heterocycles. The maximum absolute atomic E-state index is 12.2. The molecule has 1 heterocycles. The van der Waals surface area contributed by atoms with Gasteiger partial charge in [0.15, 0.2) is 0 Å². The molecule has 3 rings (SSSR count). The van der Waals surface area contributed by atoms with E-state index in [1.54, 1.807) is 42.6 Å². The van der Waals surface area contributed by atoms with E-state index >= 15 is 0 Å². The summed E-state index contributed by atoms with van der Waals surface area (Å²) in [6.07, 6.45) is 8.23. The number of pyridine rings is 1. The predicted molar refractivity (Wildman–Crippen MR) is 113 cm³/mol. The fourth-order valence-electron chi connectivity index (χ4n) is 3.46. The number of carbonyl (C=O) groups excluding carboxylic acids is 2. The molecule has 1 aromatic heterocycles. The highest BCUT2D eigenvalue weighted by Gasteiger charge is 2.21. The number of amides is 3. The minimum Gasteiger partial charge on any atom is -0.376 e. The Hall–Kier alpha value is -2.93. The van der Waals surface area contributed by atoms with Crippen molar-refractivity contribution in [2.75, 3.05) is 23.8 Å². The van der Waals surface area contributed by atoms with Crippen molar-refractivity contribution < 1.29 is 14.3 Å². The Bertz CT molecular complexity index is 813. The van der Waals surface area contributed by atoms with Crippen molar-refractivity contribution >= 4 is 23.3 Å². The van der Waals surface area contributed by atoms with Crippen molar-refractivity contribution in [1.82, 2.24) is 10.3 Å². The highest BCUT2D eigenvalue weighted by Crippen LogP contribution is 2.26. The molecular weight excluding hydrogens is 368 g/mol. The molecule has 7 nitrogen and oxygen atoms in total. The zero-order chi connectivity index (χ0) is 20.5. The van der Waals surface area contributed by atoms with E-state index in [0.29, 0.717) is 42.1 Å². The van der Waals surface area contributed by atoms with Gasteiger partial charge in [-0.25, -0.2) is 4.79 Å². The number of nitrogens with zero attached hydrogens (tertiary/aromatic N) is 1. The molecule has 2 aromatic rings. The first-order valence-corrected chi connectivity index (χ1v) is 10.1. The minimum atomic E-state index is -0.305. The average molecular weight is 396 g/mol. The molecule has 7 heteroatoms. The van der Waals surface area contributed by atoms with E-state index in [0.717, 1.165) is 6.42 Å². The lowest BCUT2D eigenvalue weighted by Crippen LogP contribution is -2.34. The van der Waals surface area contributed by atoms with Gasteiger partial charge in [0.2, 0.25) is 0 Å². The van der Waals surface area contributed by atoms with Crippen LogP contribution in [0.5, 0.6) is 0 Å². The van der Waals surface area contributed by atoms with Gasteiger partial charge in [-0.3, -0.25) is 9.78 Å². The monoisotopic (exact) mass is 396 g/mol. The van der Waals surface area contributed by atoms with Gasteiger partial charge in [-0.2, -0.15) is 0 Å². The Morgan fingerprint density at radius 3 is 2.66 bits per heavy atom. The van der Waals surface area contributed by atoms with E-state index < -0.39 is 0 Å². The first-order chi connectivity index (χ1) is 14.1. The topological polar surface area (TPSA) is 92.4 Å². The Labute approximate surface area is 171 Å². The predicted octanol–water partition coefficient (Wildman–Crippen LogP) is 4.05. The van der Waals surface area contributed by atoms with E-state index in [2.05, 4.69) is 27.9 Å². The van der Waals surface area contributed by atoms with Gasteiger partial charge in [0.25, 0.3) is 5.91 Å². The maximum Gasteiger partial charge on any atom is 0.319 e. The quantitative estimate of drug-likeness (QED) is 0.616. The molecule has 0 unspecified atom stereocenters. The fraction of sp³-hybridized carbons (Fsp3) is 0.409. The number of aromatic nitrogens is 1. The third-order valence-corrected chi connectivity index (χ3v) is 5.05. The van der Waals surface area contributed by atoms with Gasteiger partial charge in [0.05, 0.1) is 18.3 Å². The smallest absolute Gasteiger partial charge is 0.319 e. The highest BCUT2D eigenvalue weighted by atomic mass is 16.5. The van der Waals surface area contributed by atoms with E-state index in [1.165, 1.54) is 25.5 Å². The number of urea groups is 1. The Morgan fingerprint density at radius 2 is 1.90 bits per heavy atom. The summed E-state index contributed by atoms with van der Waals surface area (Å²) in [6, 6.07) is 10.1. The summed E-state index contributed by atoms with van der Waals surface area (Å²) in [5, 5.41) is 8.37. The highest BCUT2D eigenvalue weighted by molar-refractivity contribution is 6.04. The van der Waals surface area contributed by atoms with Crippen LogP contribution in [-0.4, -0.2) is 36.2 Å². The van der Waals surface area contributed by atoms with Crippen LogP contribution in [-0.2, 0) is 4.74 Å². The molecule has 0 spiro atoms. The number of ether oxygens (including phenoxy) is 1. The fourth-order valence-corrected chi connectivity index (χ4v) is 3.46. The summed E-state index contributed by atoms with van der Waals surface area (Å²) < 4.78 is 5.91. The normalized spacial score (nSPS) is 18.7. The van der Waals surface area contributed by atoms with E-state index in [1.807, 2.05) is 0 Å². The summed E-state index contributed by atoms with van der Waals surface area (Å²) in [6.45, 7) is 3.18. The largest absolute Gasteiger partial charge is 0.376 e. The summed E-state index contributed by atoms with van der Waals surface area (Å²) >= 11 is 0. The van der Waals surface area contributed by atoms with Crippen LogP contribution in [0.3, 0.4) is 0 Å². The van der Waals surface area contributed by atoms with Gasteiger partial charge < -0.3 is 20.7 Å². The van der Waals surface area contributed by atoms with Gasteiger partial charge in [-0.05, 0) is 49.1 Å². The van der Waals surface area contributed by atoms with Crippen LogP contribution < -0.4 is 16.0 Å². The van der Waals surface area contributed by atoms with Gasteiger partial charge in [-0.1, -0.05) is 25.8 Å². The lowest BCUT2D eigenvalue weighted by molar-refractivity contribution is -0.00232. The number of carbonyl (C=O) groups is 2. The lowest BCUT2D eigenvalue weighted by Gasteiger charge is -2.28. The van der Waals surface area contributed by atoms with Crippen LogP contribution in [0.1, 0.15) is 43.0 Å². The standard InChI is InChI=1S/C22H28N4O3/c1-16-6-2-3-10-20(16)29-13-12-24-22(28)26-19-9-4-8-18(14-19)25-21(27)17-7-5-11-23-15-17/h4-5,7-9,11,14-16,20H,2-3,6,10,12-13H2,1H3,(H,25,27)(H2,24,26,28)/t16-,20-/m1/s1. The number of rotatable bonds is 7. The number of hydrogen-bond acceptors (Lipinski definition) is 4. The molecule has 1 saturated carbocycles. The summed E-state index contributed by atoms with van der Waals surface area (Å²) in [7, 11) is 0. The van der Waals surface area contributed by atoms with Gasteiger partial charge in [-0.15, -0.1) is 0 Å². The molecule has 2 atom stereocenters. The summed E-state index contributed by atoms with van der Waals surface area (Å²) in [5.74, 6) is 0.330. The zero-order valence-corrected chi connectivity index (χ0v) is 16.7. The summed E-state index contributed by atoms with van der Waals surface area (Å²) in [5.41, 5.74) is 1.65. The number of benzene rings is 1. The Balaban J connectivity index is 1.42. The second-order valence-corrected chi connectivity index (χ2v) is 7.33. The number of hydrogen-bond donors (Lipinski definition) is 3. The first kappa shape index (κ1) is 20.8. The molecule has 0 bridgehead atoms. The molecule has 0 saturated heterocycles. The molecule has 1 aromatic carbocycles. The third kappa shape index (κ3) is 6.57. The molecule has 3 amide bonds. The van der Waals surface area contributed by atoms with Crippen LogP contribution in [0.4, 0.5) is 16.2 Å². The molecule has 3 N–H and O–H groups in total. The van der Waals surface area contributed by atoms with Crippen LogP contribution in [0.2, 0.25) is 0 Å². The zero-order valence-electron chi connectivity index (χ0n) is 16.7. The molecular formula is C22H28N4O3. The number of anilines is 2. The van der Waals surface area contributed by atoms with Crippen molar-refractivity contribution in [2.45, 2.75) is 38.7 Å². The molecule has 1 fully saturated rings. The van der Waals surface area contributed by atoms with E-state index in [-0.39, 0.29) is 11.9 Å². The van der Waals surface area contributed by atoms with Gasteiger partial charge in [0.1, 0.15) is 0 Å². The second kappa shape index (κ2) is 10.6. The summed E-state index contributed by atoms with van der Waals surface area (Å²) in [4.78, 5) is 28.3. The van der Waals surface area contributed by atoms with E-state index in [4.69, 9.17) is 4.74 Å². The van der Waals surface area contributed by atoms with Crippen molar-refractivity contribution in [3.8, 4) is 0 Å². The van der Waals surface area contributed by atoms with Crippen LogP contribution in [0, 0.1) is 5.92 Å². The van der Waals surface area contributed by atoms with Gasteiger partial charge >= 0.3 is 6.03 Å². The third-order valence-electron chi connectivity index (χ3n) is 5.05. The van der Waals surface area contributed by atoms with Crippen molar-refractivity contribution in [1.29, 1.82) is 0 Å². The Morgan fingerprint density at radius 1 is 1.10 bits per heavy atom. The number of nitrogens with one attached hydrogen (secondary N) is 3. The minimum absolute atomic E-state index is 0.256. The van der Waals surface area contributed by atoms with Crippen molar-refractivity contribution in [3.05, 3.63) is 54.4 Å². The maximum atomic E-state index is 12.2. The van der Waals surface area contributed by atoms with Crippen LogP contribution in [0.25, 0.3) is 0 Å². The molecule has 1 aliphatic carbocycles. The van der Waals surface area contributed by atoms with Crippen LogP contribution in [0.15, 0.2) is 48.8 Å². The van der Waals surface area contributed by atoms with Gasteiger partial charge in [0, 0.05) is 30.3 Å². The molecule has 154 valence electrons. The SMILES string of the molecule is C[C@@H]1CCCC[C@H]1OCCNC(=O)Nc1cccc(NC(=O)c2cccnc2)c1. The van der Waals surface area contributed by atoms with Crippen molar-refractivity contribution in [3.63, 3.8) is 0 Å². The molecule has 29 heavy (non-hydrogen) atoms. The molecule has 1 aliphatic rings. The molecule has 0 radical (unpaired) electrons. The first-order valence-electron chi connectivity index (χ1n) is 10.1. The van der Waals surface area contributed by atoms with E-state index in [9.17, 15) is 9.59 Å². The lowest BCUT2D eigenvalue weighted by atomic mass is 9.88. The second-order valence-electron chi connectivity index (χ2n) is 7.33. The van der Waals surface area contributed by atoms with Crippen molar-refractivity contribution in [2.24, 2.45) is 5.92 Å².